The van der Waals surface area contributed by atoms with Gasteiger partial charge >= 0.3 is 0 Å². The molecule has 0 radical (unpaired) electrons. The van der Waals surface area contributed by atoms with Gasteiger partial charge in [0.25, 0.3) is 0 Å². The van der Waals surface area contributed by atoms with Gasteiger partial charge in [-0.1, -0.05) is 32.9 Å². The fourth-order valence-electron chi connectivity index (χ4n) is 1.97. The van der Waals surface area contributed by atoms with Gasteiger partial charge in [-0.2, -0.15) is 0 Å². The number of hydrogen-bond donors (Lipinski definition) is 0. The molecule has 0 heteroatoms. The van der Waals surface area contributed by atoms with Gasteiger partial charge in [-0.25, -0.2) is 0 Å². The molecule has 2 aliphatic carbocycles. The zero-order valence-electron chi connectivity index (χ0n) is 8.72. The van der Waals surface area contributed by atoms with Crippen LogP contribution >= 0.6 is 0 Å². The third-order valence-electron chi connectivity index (χ3n) is 2.46. The third-order valence-corrected chi connectivity index (χ3v) is 2.46. The first-order chi connectivity index (χ1) is 5.68. The second kappa shape index (κ2) is 4.69. The minimum Gasteiger partial charge on any atom is -0.0880 e. The van der Waals surface area contributed by atoms with Crippen LogP contribution in [0.15, 0.2) is 12.2 Å². The monoisotopic (exact) mass is 166 g/mol. The lowest BCUT2D eigenvalue weighted by Crippen LogP contribution is -1.97. The maximum absolute atomic E-state index is 2.41. The van der Waals surface area contributed by atoms with E-state index in [0.717, 1.165) is 17.8 Å². The van der Waals surface area contributed by atoms with Crippen LogP contribution in [0.3, 0.4) is 0 Å². The molecule has 0 N–H and O–H groups in total. The lowest BCUT2D eigenvalue weighted by atomic mass is 9.96. The zero-order chi connectivity index (χ0) is 8.97. The summed E-state index contributed by atoms with van der Waals surface area (Å²) in [6.07, 6.45) is 10.6. The highest BCUT2D eigenvalue weighted by molar-refractivity contribution is 5.00. The summed E-state index contributed by atoms with van der Waals surface area (Å²) in [5.41, 5.74) is 0. The zero-order valence-corrected chi connectivity index (χ0v) is 8.72. The van der Waals surface area contributed by atoms with Crippen molar-refractivity contribution >= 4 is 0 Å². The molecule has 2 aliphatic rings. The summed E-state index contributed by atoms with van der Waals surface area (Å²) in [6.45, 7) is 6.50. The Kier molecular flexibility index (Phi) is 3.84. The van der Waals surface area contributed by atoms with Crippen LogP contribution in [0.5, 0.6) is 0 Å². The van der Waals surface area contributed by atoms with Crippen molar-refractivity contribution in [1.29, 1.82) is 0 Å². The van der Waals surface area contributed by atoms with E-state index in [1.54, 1.807) is 0 Å². The summed E-state index contributed by atoms with van der Waals surface area (Å²) in [5, 5.41) is 0. The molecule has 1 saturated carbocycles. The highest BCUT2D eigenvalue weighted by Crippen LogP contribution is 2.37. The average Bonchev–Trinajstić information content (AvgIpc) is 2.30. The quantitative estimate of drug-likeness (QED) is 0.477. The summed E-state index contributed by atoms with van der Waals surface area (Å²) in [6, 6.07) is 0. The lowest BCUT2D eigenvalue weighted by Gasteiger charge is -2.10. The van der Waals surface area contributed by atoms with E-state index in [-0.39, 0.29) is 0 Å². The highest BCUT2D eigenvalue weighted by Gasteiger charge is 2.24. The largest absolute Gasteiger partial charge is 0.0880 e. The summed E-state index contributed by atoms with van der Waals surface area (Å²) in [4.78, 5) is 0. The molecule has 2 rings (SSSR count). The van der Waals surface area contributed by atoms with E-state index in [1.807, 2.05) is 0 Å². The molecule has 0 aromatic rings. The molecule has 0 aliphatic heterocycles. The second-order valence-electron chi connectivity index (χ2n) is 4.84. The number of allylic oxidation sites excluding steroid dienone is 2. The first kappa shape index (κ1) is 9.83. The van der Waals surface area contributed by atoms with E-state index in [0.29, 0.717) is 0 Å². The van der Waals surface area contributed by atoms with Gasteiger partial charge in [-0.3, -0.25) is 0 Å². The van der Waals surface area contributed by atoms with Crippen molar-refractivity contribution in [2.24, 2.45) is 17.8 Å². The molecule has 0 heterocycles. The predicted molar refractivity (Wildman–Crippen MR) is 55.1 cm³/mol. The van der Waals surface area contributed by atoms with Crippen LogP contribution in [0.4, 0.5) is 0 Å². The van der Waals surface area contributed by atoms with Crippen molar-refractivity contribution in [3.05, 3.63) is 12.2 Å². The minimum atomic E-state index is 0.833. The first-order valence-corrected chi connectivity index (χ1v) is 5.35. The molecular formula is C12H22. The molecule has 0 nitrogen and oxygen atoms in total. The Hall–Kier alpha value is -0.260. The van der Waals surface area contributed by atoms with Crippen LogP contribution in [-0.4, -0.2) is 0 Å². The number of rotatable bonds is 0. The molecule has 2 atom stereocenters. The van der Waals surface area contributed by atoms with Crippen LogP contribution in [0.25, 0.3) is 0 Å². The minimum absolute atomic E-state index is 0.833. The molecule has 70 valence electrons. The topological polar surface area (TPSA) is 0 Å². The molecule has 2 bridgehead atoms. The Labute approximate surface area is 77.1 Å². The predicted octanol–water partition coefficient (Wildman–Crippen LogP) is 4.02. The van der Waals surface area contributed by atoms with Gasteiger partial charge in [-0.05, 0) is 43.4 Å². The maximum Gasteiger partial charge on any atom is -0.0231 e. The van der Waals surface area contributed by atoms with Crippen LogP contribution in [0, 0.1) is 17.8 Å². The number of fused-ring (bicyclic) bond motifs is 2. The van der Waals surface area contributed by atoms with Crippen LogP contribution in [-0.2, 0) is 0 Å². The molecule has 0 amide bonds. The summed E-state index contributed by atoms with van der Waals surface area (Å²) in [7, 11) is 0. The molecular weight excluding hydrogens is 144 g/mol. The second-order valence-corrected chi connectivity index (χ2v) is 4.84. The Balaban J connectivity index is 0.000000157. The van der Waals surface area contributed by atoms with Crippen LogP contribution in [0.2, 0.25) is 0 Å². The smallest absolute Gasteiger partial charge is 0.0231 e. The van der Waals surface area contributed by atoms with Crippen molar-refractivity contribution in [2.45, 2.75) is 46.5 Å². The van der Waals surface area contributed by atoms with E-state index in [9.17, 15) is 0 Å². The fraction of sp³-hybridized carbons (Fsp3) is 0.833. The lowest BCUT2D eigenvalue weighted by molar-refractivity contribution is 0.519. The Bertz CT molecular complexity index is 141. The normalized spacial score (nSPS) is 31.7. The van der Waals surface area contributed by atoms with E-state index in [1.165, 1.54) is 25.7 Å². The molecule has 0 spiro atoms. The molecule has 1 fully saturated rings. The maximum atomic E-state index is 2.41. The van der Waals surface area contributed by atoms with Gasteiger partial charge in [0.05, 0.1) is 0 Å². The highest BCUT2D eigenvalue weighted by atomic mass is 14.3. The summed E-state index contributed by atoms with van der Waals surface area (Å²) < 4.78 is 0. The summed E-state index contributed by atoms with van der Waals surface area (Å²) in [5.74, 6) is 2.89. The van der Waals surface area contributed by atoms with Crippen molar-refractivity contribution in [3.63, 3.8) is 0 Å². The van der Waals surface area contributed by atoms with E-state index in [4.69, 9.17) is 0 Å². The van der Waals surface area contributed by atoms with Gasteiger partial charge in [0, 0.05) is 0 Å². The van der Waals surface area contributed by atoms with Crippen LogP contribution in [0.1, 0.15) is 46.5 Å². The van der Waals surface area contributed by atoms with Crippen molar-refractivity contribution in [3.8, 4) is 0 Å². The number of hydrogen-bond acceptors (Lipinski definition) is 0. The Morgan fingerprint density at radius 1 is 1.17 bits per heavy atom. The fourth-order valence-corrected chi connectivity index (χ4v) is 1.97. The standard InChI is InChI=1S/C8H12.C4H10/c1-2-7-4-5-8(3-1)6-7;1-4(2)3/h1-2,7-8H,3-6H2;4H,1-3H3. The summed E-state index contributed by atoms with van der Waals surface area (Å²) >= 11 is 0. The molecule has 12 heavy (non-hydrogen) atoms. The third kappa shape index (κ3) is 3.42. The SMILES string of the molecule is C1=CC2CCC(C1)C2.CC(C)C. The van der Waals surface area contributed by atoms with E-state index < -0.39 is 0 Å². The molecule has 2 unspecified atom stereocenters. The van der Waals surface area contributed by atoms with Crippen molar-refractivity contribution in [2.75, 3.05) is 0 Å². The van der Waals surface area contributed by atoms with E-state index in [2.05, 4.69) is 32.9 Å². The molecule has 0 saturated heterocycles. The molecule has 0 aromatic carbocycles. The van der Waals surface area contributed by atoms with Gasteiger partial charge in [-0.15, -0.1) is 0 Å². The van der Waals surface area contributed by atoms with Crippen LogP contribution < -0.4 is 0 Å². The van der Waals surface area contributed by atoms with Gasteiger partial charge < -0.3 is 0 Å². The van der Waals surface area contributed by atoms with Gasteiger partial charge in [0.15, 0.2) is 0 Å². The Morgan fingerprint density at radius 3 is 2.33 bits per heavy atom. The van der Waals surface area contributed by atoms with E-state index >= 15 is 0 Å². The van der Waals surface area contributed by atoms with Gasteiger partial charge in [0.2, 0.25) is 0 Å². The first-order valence-electron chi connectivity index (χ1n) is 5.35. The van der Waals surface area contributed by atoms with Crippen molar-refractivity contribution < 1.29 is 0 Å². The average molecular weight is 166 g/mol. The Morgan fingerprint density at radius 2 is 1.83 bits per heavy atom. The van der Waals surface area contributed by atoms with Gasteiger partial charge in [0.1, 0.15) is 0 Å². The van der Waals surface area contributed by atoms with Crippen molar-refractivity contribution in [1.82, 2.24) is 0 Å². The molecule has 0 aromatic heterocycles.